The van der Waals surface area contributed by atoms with Gasteiger partial charge >= 0.3 is 0 Å². The smallest absolute Gasteiger partial charge is 0.298 e. The summed E-state index contributed by atoms with van der Waals surface area (Å²) in [7, 11) is 0. The first-order valence-corrected chi connectivity index (χ1v) is 7.06. The van der Waals surface area contributed by atoms with E-state index in [1.165, 1.54) is 0 Å². The summed E-state index contributed by atoms with van der Waals surface area (Å²) in [6.45, 7) is 8.49. The molecular formula is C14H18ClN3O. The van der Waals surface area contributed by atoms with E-state index in [0.717, 1.165) is 37.3 Å². The number of hydrogen-bond acceptors (Lipinski definition) is 4. The van der Waals surface area contributed by atoms with E-state index in [-0.39, 0.29) is 0 Å². The van der Waals surface area contributed by atoms with Crippen LogP contribution in [0.4, 0.5) is 6.01 Å². The highest BCUT2D eigenvalue weighted by atomic mass is 35.5. The minimum atomic E-state index is 0.601. The predicted molar refractivity (Wildman–Crippen MR) is 77.9 cm³/mol. The Morgan fingerprint density at radius 3 is 2.63 bits per heavy atom. The topological polar surface area (TPSA) is 32.5 Å². The van der Waals surface area contributed by atoms with Crippen LogP contribution in [0.3, 0.4) is 0 Å². The van der Waals surface area contributed by atoms with E-state index in [1.54, 1.807) is 0 Å². The van der Waals surface area contributed by atoms with E-state index >= 15 is 0 Å². The maximum atomic E-state index is 5.97. The fourth-order valence-electron chi connectivity index (χ4n) is 2.45. The maximum Gasteiger partial charge on any atom is 0.298 e. The van der Waals surface area contributed by atoms with Crippen LogP contribution in [0.25, 0.3) is 11.1 Å². The largest absolute Gasteiger partial charge is 0.423 e. The molecular weight excluding hydrogens is 262 g/mol. The molecule has 2 heterocycles. The van der Waals surface area contributed by atoms with Crippen LogP contribution < -0.4 is 4.90 Å². The average Bonchev–Trinajstić information content (AvgIpc) is 2.81. The Morgan fingerprint density at radius 1 is 1.21 bits per heavy atom. The van der Waals surface area contributed by atoms with Crippen molar-refractivity contribution in [3.63, 3.8) is 0 Å². The van der Waals surface area contributed by atoms with Gasteiger partial charge in [0.2, 0.25) is 0 Å². The highest BCUT2D eigenvalue weighted by Crippen LogP contribution is 2.25. The van der Waals surface area contributed by atoms with Crippen molar-refractivity contribution in [3.05, 3.63) is 23.2 Å². The van der Waals surface area contributed by atoms with Crippen LogP contribution in [0.5, 0.6) is 0 Å². The third-order valence-corrected chi connectivity index (χ3v) is 3.89. The Morgan fingerprint density at radius 2 is 1.95 bits per heavy atom. The van der Waals surface area contributed by atoms with Crippen molar-refractivity contribution < 1.29 is 4.42 Å². The standard InChI is InChI=1S/C14H18ClN3O/c1-10(2)17-5-7-18(8-6-17)14-16-12-9-11(15)3-4-13(12)19-14/h3-4,9-10H,5-8H2,1-2H3. The molecule has 0 spiro atoms. The molecule has 0 amide bonds. The van der Waals surface area contributed by atoms with E-state index in [4.69, 9.17) is 16.0 Å². The van der Waals surface area contributed by atoms with Crippen molar-refractivity contribution in [2.75, 3.05) is 31.1 Å². The van der Waals surface area contributed by atoms with Crippen LogP contribution in [-0.2, 0) is 0 Å². The molecule has 4 nitrogen and oxygen atoms in total. The molecule has 3 rings (SSSR count). The third-order valence-electron chi connectivity index (χ3n) is 3.65. The summed E-state index contributed by atoms with van der Waals surface area (Å²) in [5.41, 5.74) is 1.62. The summed E-state index contributed by atoms with van der Waals surface area (Å²) in [5, 5.41) is 0.692. The first-order valence-electron chi connectivity index (χ1n) is 6.68. The number of rotatable bonds is 2. The Labute approximate surface area is 117 Å². The second-order valence-electron chi connectivity index (χ2n) is 5.23. The zero-order chi connectivity index (χ0) is 13.4. The zero-order valence-corrected chi connectivity index (χ0v) is 12.0. The quantitative estimate of drug-likeness (QED) is 0.846. The number of halogens is 1. The van der Waals surface area contributed by atoms with Crippen LogP contribution >= 0.6 is 11.6 Å². The maximum absolute atomic E-state index is 5.97. The lowest BCUT2D eigenvalue weighted by Crippen LogP contribution is -2.49. The van der Waals surface area contributed by atoms with Gasteiger partial charge in [0.05, 0.1) is 0 Å². The van der Waals surface area contributed by atoms with Crippen molar-refractivity contribution in [3.8, 4) is 0 Å². The SMILES string of the molecule is CC(C)N1CCN(c2nc3cc(Cl)ccc3o2)CC1. The van der Waals surface area contributed by atoms with Crippen molar-refractivity contribution in [2.24, 2.45) is 0 Å². The second kappa shape index (κ2) is 5.02. The van der Waals surface area contributed by atoms with E-state index in [2.05, 4.69) is 28.6 Å². The fourth-order valence-corrected chi connectivity index (χ4v) is 2.62. The summed E-state index contributed by atoms with van der Waals surface area (Å²) < 4.78 is 5.80. The number of piperazine rings is 1. The number of aromatic nitrogens is 1. The molecule has 2 aromatic rings. The molecule has 5 heteroatoms. The molecule has 1 aromatic heterocycles. The Kier molecular flexibility index (Phi) is 3.37. The molecule has 19 heavy (non-hydrogen) atoms. The molecule has 0 radical (unpaired) electrons. The first-order chi connectivity index (χ1) is 9.13. The number of nitrogens with zero attached hydrogens (tertiary/aromatic N) is 3. The molecule has 1 aliphatic heterocycles. The van der Waals surface area contributed by atoms with Crippen molar-refractivity contribution in [1.82, 2.24) is 9.88 Å². The number of benzene rings is 1. The lowest BCUT2D eigenvalue weighted by molar-refractivity contribution is 0.206. The van der Waals surface area contributed by atoms with Crippen molar-refractivity contribution in [2.45, 2.75) is 19.9 Å². The Hall–Kier alpha value is -1.26. The predicted octanol–water partition coefficient (Wildman–Crippen LogP) is 3.01. The van der Waals surface area contributed by atoms with E-state index in [9.17, 15) is 0 Å². The lowest BCUT2D eigenvalue weighted by Gasteiger charge is -2.36. The van der Waals surface area contributed by atoms with Gasteiger partial charge in [0.25, 0.3) is 6.01 Å². The number of oxazole rings is 1. The Bertz CT molecular complexity index is 573. The lowest BCUT2D eigenvalue weighted by atomic mass is 10.2. The normalized spacial score (nSPS) is 17.6. The van der Waals surface area contributed by atoms with Gasteiger partial charge < -0.3 is 9.32 Å². The molecule has 0 unspecified atom stereocenters. The van der Waals surface area contributed by atoms with E-state index in [0.29, 0.717) is 17.1 Å². The fraction of sp³-hybridized carbons (Fsp3) is 0.500. The number of anilines is 1. The van der Waals surface area contributed by atoms with Gasteiger partial charge in [0.1, 0.15) is 5.52 Å². The average molecular weight is 280 g/mol. The number of fused-ring (bicyclic) bond motifs is 1. The van der Waals surface area contributed by atoms with Gasteiger partial charge in [-0.25, -0.2) is 0 Å². The summed E-state index contributed by atoms with van der Waals surface area (Å²) in [6.07, 6.45) is 0. The molecule has 102 valence electrons. The van der Waals surface area contributed by atoms with Crippen LogP contribution in [-0.4, -0.2) is 42.1 Å². The van der Waals surface area contributed by atoms with Crippen LogP contribution in [0.2, 0.25) is 5.02 Å². The van der Waals surface area contributed by atoms with Gasteiger partial charge in [0, 0.05) is 37.2 Å². The number of hydrogen-bond donors (Lipinski definition) is 0. The monoisotopic (exact) mass is 279 g/mol. The molecule has 0 bridgehead atoms. The van der Waals surface area contributed by atoms with Gasteiger partial charge in [-0.15, -0.1) is 0 Å². The second-order valence-corrected chi connectivity index (χ2v) is 5.66. The van der Waals surface area contributed by atoms with Gasteiger partial charge in [-0.05, 0) is 32.0 Å². The van der Waals surface area contributed by atoms with E-state index in [1.807, 2.05) is 18.2 Å². The molecule has 1 saturated heterocycles. The summed E-state index contributed by atoms with van der Waals surface area (Å²) >= 11 is 5.97. The zero-order valence-electron chi connectivity index (χ0n) is 11.3. The van der Waals surface area contributed by atoms with Crippen molar-refractivity contribution in [1.29, 1.82) is 0 Å². The molecule has 1 fully saturated rings. The highest BCUT2D eigenvalue weighted by molar-refractivity contribution is 6.31. The first kappa shape index (κ1) is 12.8. The van der Waals surface area contributed by atoms with Crippen molar-refractivity contribution >= 4 is 28.7 Å². The Balaban J connectivity index is 1.78. The van der Waals surface area contributed by atoms with Gasteiger partial charge in [-0.3, -0.25) is 4.90 Å². The van der Waals surface area contributed by atoms with E-state index < -0.39 is 0 Å². The summed E-state index contributed by atoms with van der Waals surface area (Å²) in [4.78, 5) is 9.19. The molecule has 1 aromatic carbocycles. The molecule has 1 aliphatic rings. The summed E-state index contributed by atoms with van der Waals surface area (Å²) in [6, 6.07) is 6.85. The minimum Gasteiger partial charge on any atom is -0.423 e. The van der Waals surface area contributed by atoms with Gasteiger partial charge in [0.15, 0.2) is 5.58 Å². The minimum absolute atomic E-state index is 0.601. The molecule has 0 atom stereocenters. The van der Waals surface area contributed by atoms with Gasteiger partial charge in [-0.1, -0.05) is 11.6 Å². The summed E-state index contributed by atoms with van der Waals surface area (Å²) in [5.74, 6) is 0. The van der Waals surface area contributed by atoms with Gasteiger partial charge in [-0.2, -0.15) is 4.98 Å². The van der Waals surface area contributed by atoms with Crippen LogP contribution in [0.15, 0.2) is 22.6 Å². The molecule has 0 saturated carbocycles. The molecule has 0 aliphatic carbocycles. The van der Waals surface area contributed by atoms with Crippen LogP contribution in [0.1, 0.15) is 13.8 Å². The third kappa shape index (κ3) is 2.55. The molecule has 0 N–H and O–H groups in total. The highest BCUT2D eigenvalue weighted by Gasteiger charge is 2.22. The van der Waals surface area contributed by atoms with Crippen LogP contribution in [0, 0.1) is 0 Å².